The molecule has 1 aromatic carbocycles. The minimum Gasteiger partial charge on any atom is -0.497 e. The van der Waals surface area contributed by atoms with E-state index >= 15 is 0 Å². The molecule has 7 nitrogen and oxygen atoms in total. The molecule has 152 valence electrons. The van der Waals surface area contributed by atoms with Crippen LogP contribution in [0.4, 0.5) is 5.69 Å². The van der Waals surface area contributed by atoms with Crippen LogP contribution in [-0.4, -0.2) is 79.7 Å². The number of likely N-dealkylation sites (tertiary alicyclic amines) is 1. The number of ether oxygens (including phenoxy) is 1. The van der Waals surface area contributed by atoms with E-state index in [0.29, 0.717) is 19.5 Å². The number of carbonyl (C=O) groups excluding carboxylic acids is 1. The van der Waals surface area contributed by atoms with Crippen LogP contribution in [0.2, 0.25) is 0 Å². The van der Waals surface area contributed by atoms with Gasteiger partial charge in [0.15, 0.2) is 0 Å². The van der Waals surface area contributed by atoms with Gasteiger partial charge in [-0.15, -0.1) is 0 Å². The molecule has 1 saturated carbocycles. The van der Waals surface area contributed by atoms with Crippen molar-refractivity contribution in [2.75, 3.05) is 51.8 Å². The van der Waals surface area contributed by atoms with Crippen LogP contribution >= 0.6 is 0 Å². The number of carbonyl (C=O) groups is 2. The first kappa shape index (κ1) is 19.1. The highest BCUT2D eigenvalue weighted by Crippen LogP contribution is 2.54. The summed E-state index contributed by atoms with van der Waals surface area (Å²) in [5.74, 6) is -0.662. The highest BCUT2D eigenvalue weighted by molar-refractivity contribution is 5.88. The Kier molecular flexibility index (Phi) is 4.95. The van der Waals surface area contributed by atoms with E-state index in [-0.39, 0.29) is 11.3 Å². The SMILES string of the molecule is COc1cccc(N2CCN(C(=O)C3C(C(=O)O)CC4(CC4)CN3C)CC2)c1. The number of rotatable bonds is 4. The van der Waals surface area contributed by atoms with Crippen LogP contribution in [0.1, 0.15) is 19.3 Å². The van der Waals surface area contributed by atoms with Gasteiger partial charge >= 0.3 is 5.97 Å². The van der Waals surface area contributed by atoms with E-state index in [4.69, 9.17) is 4.74 Å². The zero-order chi connectivity index (χ0) is 19.9. The zero-order valence-corrected chi connectivity index (χ0v) is 16.6. The van der Waals surface area contributed by atoms with Crippen LogP contribution in [0.15, 0.2) is 24.3 Å². The first-order chi connectivity index (χ1) is 13.4. The van der Waals surface area contributed by atoms with Crippen LogP contribution in [-0.2, 0) is 9.59 Å². The van der Waals surface area contributed by atoms with Crippen molar-refractivity contribution in [3.05, 3.63) is 24.3 Å². The fraction of sp³-hybridized carbons (Fsp3) is 0.619. The second-order valence-electron chi connectivity index (χ2n) is 8.52. The van der Waals surface area contributed by atoms with Crippen LogP contribution in [0.3, 0.4) is 0 Å². The second-order valence-corrected chi connectivity index (χ2v) is 8.52. The molecule has 0 aromatic heterocycles. The van der Waals surface area contributed by atoms with Crippen LogP contribution in [0.25, 0.3) is 0 Å². The molecule has 2 atom stereocenters. The van der Waals surface area contributed by atoms with Crippen molar-refractivity contribution < 1.29 is 19.4 Å². The molecule has 1 spiro atoms. The lowest BCUT2D eigenvalue weighted by molar-refractivity contribution is -0.156. The predicted molar refractivity (Wildman–Crippen MR) is 106 cm³/mol. The molecule has 0 radical (unpaired) electrons. The molecular weight excluding hydrogens is 358 g/mol. The summed E-state index contributed by atoms with van der Waals surface area (Å²) >= 11 is 0. The number of amides is 1. The molecule has 28 heavy (non-hydrogen) atoms. The predicted octanol–water partition coefficient (Wildman–Crippen LogP) is 1.53. The first-order valence-corrected chi connectivity index (χ1v) is 10.0. The van der Waals surface area contributed by atoms with Crippen molar-refractivity contribution in [1.82, 2.24) is 9.80 Å². The normalized spacial score (nSPS) is 26.9. The molecule has 1 N–H and O–H groups in total. The van der Waals surface area contributed by atoms with Gasteiger partial charge in [0.2, 0.25) is 5.91 Å². The topological polar surface area (TPSA) is 73.3 Å². The maximum Gasteiger partial charge on any atom is 0.308 e. The van der Waals surface area contributed by atoms with Gasteiger partial charge in [-0.2, -0.15) is 0 Å². The van der Waals surface area contributed by atoms with Gasteiger partial charge in [-0.1, -0.05) is 6.07 Å². The Morgan fingerprint density at radius 1 is 1.18 bits per heavy atom. The summed E-state index contributed by atoms with van der Waals surface area (Å²) in [5.41, 5.74) is 1.22. The minimum atomic E-state index is -0.841. The number of carboxylic acids is 1. The number of likely N-dealkylation sites (N-methyl/N-ethyl adjacent to an activating group) is 1. The lowest BCUT2D eigenvalue weighted by Gasteiger charge is -2.44. The molecule has 2 saturated heterocycles. The lowest BCUT2D eigenvalue weighted by Crippen LogP contribution is -2.60. The number of nitrogens with zero attached hydrogens (tertiary/aromatic N) is 3. The van der Waals surface area contributed by atoms with E-state index in [9.17, 15) is 14.7 Å². The van der Waals surface area contributed by atoms with E-state index in [1.165, 1.54) is 0 Å². The van der Waals surface area contributed by atoms with Crippen molar-refractivity contribution in [2.45, 2.75) is 25.3 Å². The number of piperazine rings is 1. The molecule has 2 aliphatic heterocycles. The highest BCUT2D eigenvalue weighted by atomic mass is 16.5. The van der Waals surface area contributed by atoms with E-state index in [2.05, 4.69) is 4.90 Å². The van der Waals surface area contributed by atoms with Gasteiger partial charge in [0.05, 0.1) is 13.0 Å². The molecule has 0 bridgehead atoms. The summed E-state index contributed by atoms with van der Waals surface area (Å²) in [4.78, 5) is 31.2. The molecule has 2 heterocycles. The van der Waals surface area contributed by atoms with Crippen LogP contribution < -0.4 is 9.64 Å². The number of benzene rings is 1. The number of carboxylic acid groups (broad SMARTS) is 1. The maximum atomic E-state index is 13.2. The Morgan fingerprint density at radius 3 is 2.50 bits per heavy atom. The average Bonchev–Trinajstić information content (AvgIpc) is 3.45. The number of hydrogen-bond donors (Lipinski definition) is 1. The number of anilines is 1. The lowest BCUT2D eigenvalue weighted by atomic mass is 9.80. The van der Waals surface area contributed by atoms with Crippen molar-refractivity contribution in [3.8, 4) is 5.75 Å². The fourth-order valence-electron chi connectivity index (χ4n) is 4.88. The Bertz CT molecular complexity index is 756. The largest absolute Gasteiger partial charge is 0.497 e. The Hall–Kier alpha value is -2.28. The van der Waals surface area contributed by atoms with Gasteiger partial charge in [-0.05, 0) is 43.9 Å². The molecule has 3 aliphatic rings. The van der Waals surface area contributed by atoms with Gasteiger partial charge in [0.1, 0.15) is 11.8 Å². The van der Waals surface area contributed by atoms with E-state index in [1.54, 1.807) is 7.11 Å². The van der Waals surface area contributed by atoms with Crippen molar-refractivity contribution >= 4 is 17.6 Å². The third-order valence-electron chi connectivity index (χ3n) is 6.63. The van der Waals surface area contributed by atoms with Gasteiger partial charge in [-0.3, -0.25) is 14.5 Å². The number of piperidine rings is 1. The maximum absolute atomic E-state index is 13.2. The quantitative estimate of drug-likeness (QED) is 0.845. The monoisotopic (exact) mass is 387 g/mol. The summed E-state index contributed by atoms with van der Waals surface area (Å²) in [6, 6.07) is 7.38. The van der Waals surface area contributed by atoms with Crippen molar-refractivity contribution in [3.63, 3.8) is 0 Å². The number of methoxy groups -OCH3 is 1. The summed E-state index contributed by atoms with van der Waals surface area (Å²) in [5, 5.41) is 9.76. The summed E-state index contributed by atoms with van der Waals surface area (Å²) in [7, 11) is 3.56. The molecular formula is C21H29N3O4. The molecule has 7 heteroatoms. The molecule has 1 amide bonds. The molecule has 2 unspecified atom stereocenters. The van der Waals surface area contributed by atoms with Gasteiger partial charge < -0.3 is 19.6 Å². The number of hydrogen-bond acceptors (Lipinski definition) is 5. The van der Waals surface area contributed by atoms with Gasteiger partial charge in [0, 0.05) is 44.5 Å². The molecule has 4 rings (SSSR count). The van der Waals surface area contributed by atoms with Crippen LogP contribution in [0, 0.1) is 11.3 Å². The first-order valence-electron chi connectivity index (χ1n) is 10.0. The van der Waals surface area contributed by atoms with Crippen LogP contribution in [0.5, 0.6) is 5.75 Å². The molecule has 1 aliphatic carbocycles. The third-order valence-corrected chi connectivity index (χ3v) is 6.63. The summed E-state index contributed by atoms with van der Waals surface area (Å²) in [6.45, 7) is 3.51. The third kappa shape index (κ3) is 3.55. The smallest absolute Gasteiger partial charge is 0.308 e. The standard InChI is InChI=1S/C21H29N3O4/c1-22-14-21(6-7-21)13-17(20(26)27)18(22)19(25)24-10-8-23(9-11-24)15-4-3-5-16(12-15)28-2/h3-5,12,17-18H,6-11,13-14H2,1-2H3,(H,26,27). The molecule has 3 fully saturated rings. The average molecular weight is 387 g/mol. The fourth-order valence-corrected chi connectivity index (χ4v) is 4.88. The second kappa shape index (κ2) is 7.28. The highest BCUT2D eigenvalue weighted by Gasteiger charge is 2.55. The van der Waals surface area contributed by atoms with Crippen molar-refractivity contribution in [2.24, 2.45) is 11.3 Å². The van der Waals surface area contributed by atoms with E-state index in [0.717, 1.165) is 43.9 Å². The van der Waals surface area contributed by atoms with E-state index in [1.807, 2.05) is 41.1 Å². The Labute approximate surface area is 165 Å². The number of aliphatic carboxylic acids is 1. The molecule has 1 aromatic rings. The minimum absolute atomic E-state index is 0.0318. The van der Waals surface area contributed by atoms with E-state index < -0.39 is 17.9 Å². The summed E-state index contributed by atoms with van der Waals surface area (Å²) in [6.07, 6.45) is 2.80. The zero-order valence-electron chi connectivity index (χ0n) is 16.6. The van der Waals surface area contributed by atoms with Crippen molar-refractivity contribution in [1.29, 1.82) is 0 Å². The Balaban J connectivity index is 1.42. The Morgan fingerprint density at radius 2 is 1.89 bits per heavy atom. The van der Waals surface area contributed by atoms with Gasteiger partial charge in [-0.25, -0.2) is 0 Å². The summed E-state index contributed by atoms with van der Waals surface area (Å²) < 4.78 is 5.30. The van der Waals surface area contributed by atoms with Gasteiger partial charge in [0.25, 0.3) is 0 Å².